The van der Waals surface area contributed by atoms with Crippen molar-refractivity contribution in [2.24, 2.45) is 0 Å². The minimum absolute atomic E-state index is 0.245. The number of aromatic nitrogens is 1. The van der Waals surface area contributed by atoms with E-state index in [1.807, 2.05) is 13.0 Å². The Kier molecular flexibility index (Phi) is 3.62. The van der Waals surface area contributed by atoms with Crippen LogP contribution in [0.4, 0.5) is 11.4 Å². The number of hydrogen-bond acceptors (Lipinski definition) is 3. The topological polar surface area (TPSA) is 68.0 Å². The molecular weight excluding hydrogens is 294 g/mol. The van der Waals surface area contributed by atoms with E-state index >= 15 is 0 Å². The molecule has 3 N–H and O–H groups in total. The van der Waals surface area contributed by atoms with Crippen molar-refractivity contribution in [1.29, 1.82) is 0 Å². The number of carbonyl (C=O) groups excluding carboxylic acids is 1. The summed E-state index contributed by atoms with van der Waals surface area (Å²) in [5.41, 5.74) is 8.30. The summed E-state index contributed by atoms with van der Waals surface area (Å²) in [6.07, 6.45) is 3.29. The molecule has 18 heavy (non-hydrogen) atoms. The van der Waals surface area contributed by atoms with Gasteiger partial charge in [0.1, 0.15) is 0 Å². The second kappa shape index (κ2) is 5.18. The molecule has 0 saturated carbocycles. The zero-order valence-electron chi connectivity index (χ0n) is 9.77. The lowest BCUT2D eigenvalue weighted by molar-refractivity contribution is 0.102. The van der Waals surface area contributed by atoms with E-state index < -0.39 is 0 Å². The first-order valence-corrected chi connectivity index (χ1v) is 6.14. The van der Waals surface area contributed by atoms with Gasteiger partial charge in [-0.1, -0.05) is 15.9 Å². The van der Waals surface area contributed by atoms with Crippen LogP contribution in [0.5, 0.6) is 0 Å². The summed E-state index contributed by atoms with van der Waals surface area (Å²) in [5, 5.41) is 2.79. The summed E-state index contributed by atoms with van der Waals surface area (Å²) in [5.74, 6) is -0.245. The minimum Gasteiger partial charge on any atom is -0.398 e. The van der Waals surface area contributed by atoms with Crippen LogP contribution in [0.15, 0.2) is 41.1 Å². The molecular formula is C13H12BrN3O. The van der Waals surface area contributed by atoms with Gasteiger partial charge in [-0.15, -0.1) is 0 Å². The van der Waals surface area contributed by atoms with Gasteiger partial charge in [0.15, 0.2) is 0 Å². The van der Waals surface area contributed by atoms with E-state index in [-0.39, 0.29) is 5.91 Å². The number of nitrogens with zero attached hydrogens (tertiary/aromatic N) is 1. The molecule has 5 heteroatoms. The number of halogens is 1. The fraction of sp³-hybridized carbons (Fsp3) is 0.0769. The number of aryl methyl sites for hydroxylation is 1. The lowest BCUT2D eigenvalue weighted by Gasteiger charge is -2.09. The van der Waals surface area contributed by atoms with Crippen molar-refractivity contribution < 1.29 is 4.79 Å². The molecule has 1 amide bonds. The number of nitrogen functional groups attached to an aromatic ring is 1. The third kappa shape index (κ3) is 2.68. The van der Waals surface area contributed by atoms with Crippen molar-refractivity contribution in [2.45, 2.75) is 6.92 Å². The fourth-order valence-electron chi connectivity index (χ4n) is 1.51. The van der Waals surface area contributed by atoms with Crippen LogP contribution in [-0.4, -0.2) is 10.9 Å². The van der Waals surface area contributed by atoms with E-state index in [0.717, 1.165) is 10.0 Å². The van der Waals surface area contributed by atoms with Crippen molar-refractivity contribution in [3.8, 4) is 0 Å². The average molecular weight is 306 g/mol. The molecule has 0 saturated heterocycles. The van der Waals surface area contributed by atoms with E-state index in [1.165, 1.54) is 0 Å². The lowest BCUT2D eigenvalue weighted by Crippen LogP contribution is -2.14. The van der Waals surface area contributed by atoms with Gasteiger partial charge in [0.25, 0.3) is 5.91 Å². The number of nitrogens with one attached hydrogen (secondary N) is 1. The van der Waals surface area contributed by atoms with E-state index in [2.05, 4.69) is 26.2 Å². The zero-order valence-corrected chi connectivity index (χ0v) is 11.4. The van der Waals surface area contributed by atoms with E-state index in [0.29, 0.717) is 16.9 Å². The normalized spacial score (nSPS) is 10.1. The highest BCUT2D eigenvalue weighted by molar-refractivity contribution is 9.10. The first-order chi connectivity index (χ1) is 8.58. The van der Waals surface area contributed by atoms with Crippen LogP contribution < -0.4 is 11.1 Å². The number of nitrogens with two attached hydrogens (primary N) is 1. The molecule has 0 radical (unpaired) electrons. The maximum absolute atomic E-state index is 12.1. The van der Waals surface area contributed by atoms with Crippen LogP contribution in [-0.2, 0) is 0 Å². The number of benzene rings is 1. The van der Waals surface area contributed by atoms with E-state index in [1.54, 1.807) is 30.6 Å². The predicted molar refractivity (Wildman–Crippen MR) is 75.5 cm³/mol. The third-order valence-corrected chi connectivity index (χ3v) is 3.04. The molecule has 92 valence electrons. The Morgan fingerprint density at radius 3 is 2.89 bits per heavy atom. The van der Waals surface area contributed by atoms with E-state index in [9.17, 15) is 4.79 Å². The Labute approximate surface area is 113 Å². The minimum atomic E-state index is -0.245. The molecule has 1 heterocycles. The molecule has 0 aliphatic heterocycles. The fourth-order valence-corrected chi connectivity index (χ4v) is 1.87. The number of hydrogen-bond donors (Lipinski definition) is 2. The Balaban J connectivity index is 2.28. The summed E-state index contributed by atoms with van der Waals surface area (Å²) in [6, 6.07) is 7.01. The number of rotatable bonds is 2. The van der Waals surface area contributed by atoms with Gasteiger partial charge in [-0.2, -0.15) is 0 Å². The standard InChI is InChI=1S/C13H12BrN3O/c1-8-4-5-16-7-12(8)17-13(18)10-6-9(14)2-3-11(10)15/h2-7H,15H2,1H3,(H,17,18). The van der Waals surface area contributed by atoms with Crippen molar-refractivity contribution in [3.05, 3.63) is 52.3 Å². The molecule has 1 aromatic heterocycles. The molecule has 0 unspecified atom stereocenters. The third-order valence-electron chi connectivity index (χ3n) is 2.55. The highest BCUT2D eigenvalue weighted by Gasteiger charge is 2.11. The molecule has 0 spiro atoms. The first-order valence-electron chi connectivity index (χ1n) is 5.35. The summed E-state index contributed by atoms with van der Waals surface area (Å²) >= 11 is 3.32. The van der Waals surface area contributed by atoms with Gasteiger partial charge in [0, 0.05) is 16.4 Å². The van der Waals surface area contributed by atoms with Gasteiger partial charge in [0.2, 0.25) is 0 Å². The Morgan fingerprint density at radius 1 is 1.39 bits per heavy atom. The van der Waals surface area contributed by atoms with Crippen molar-refractivity contribution in [1.82, 2.24) is 4.98 Å². The summed E-state index contributed by atoms with van der Waals surface area (Å²) in [7, 11) is 0. The number of carbonyl (C=O) groups is 1. The lowest BCUT2D eigenvalue weighted by atomic mass is 10.1. The SMILES string of the molecule is Cc1ccncc1NC(=O)c1cc(Br)ccc1N. The molecule has 2 aromatic rings. The Bertz CT molecular complexity index is 599. The van der Waals surface area contributed by atoms with Crippen molar-refractivity contribution in [3.63, 3.8) is 0 Å². The Hall–Kier alpha value is -1.88. The first kappa shape index (κ1) is 12.6. The molecule has 4 nitrogen and oxygen atoms in total. The van der Waals surface area contributed by atoms with Crippen LogP contribution in [0, 0.1) is 6.92 Å². The smallest absolute Gasteiger partial charge is 0.257 e. The van der Waals surface area contributed by atoms with Crippen LogP contribution in [0.3, 0.4) is 0 Å². The van der Waals surface area contributed by atoms with Crippen LogP contribution in [0.25, 0.3) is 0 Å². The molecule has 2 rings (SSSR count). The summed E-state index contributed by atoms with van der Waals surface area (Å²) in [6.45, 7) is 1.90. The summed E-state index contributed by atoms with van der Waals surface area (Å²) in [4.78, 5) is 16.1. The van der Waals surface area contributed by atoms with Gasteiger partial charge in [0.05, 0.1) is 17.4 Å². The zero-order chi connectivity index (χ0) is 13.1. The highest BCUT2D eigenvalue weighted by Crippen LogP contribution is 2.20. The highest BCUT2D eigenvalue weighted by atomic mass is 79.9. The van der Waals surface area contributed by atoms with Crippen LogP contribution >= 0.6 is 15.9 Å². The van der Waals surface area contributed by atoms with Gasteiger partial charge in [-0.3, -0.25) is 9.78 Å². The molecule has 0 aliphatic rings. The maximum atomic E-state index is 12.1. The van der Waals surface area contributed by atoms with Gasteiger partial charge < -0.3 is 11.1 Å². The second-order valence-electron chi connectivity index (χ2n) is 3.88. The second-order valence-corrected chi connectivity index (χ2v) is 4.79. The number of pyridine rings is 1. The van der Waals surface area contributed by atoms with Crippen molar-refractivity contribution in [2.75, 3.05) is 11.1 Å². The average Bonchev–Trinajstić information content (AvgIpc) is 2.35. The summed E-state index contributed by atoms with van der Waals surface area (Å²) < 4.78 is 0.810. The monoisotopic (exact) mass is 305 g/mol. The largest absolute Gasteiger partial charge is 0.398 e. The van der Waals surface area contributed by atoms with Crippen LogP contribution in [0.2, 0.25) is 0 Å². The Morgan fingerprint density at radius 2 is 2.17 bits per heavy atom. The molecule has 0 fully saturated rings. The molecule has 0 aliphatic carbocycles. The van der Waals surface area contributed by atoms with E-state index in [4.69, 9.17) is 5.73 Å². The number of anilines is 2. The van der Waals surface area contributed by atoms with Gasteiger partial charge >= 0.3 is 0 Å². The molecule has 1 aromatic carbocycles. The quantitative estimate of drug-likeness (QED) is 0.838. The number of amides is 1. The molecule has 0 atom stereocenters. The van der Waals surface area contributed by atoms with Crippen molar-refractivity contribution >= 4 is 33.2 Å². The van der Waals surface area contributed by atoms with Gasteiger partial charge in [-0.25, -0.2) is 0 Å². The van der Waals surface area contributed by atoms with Gasteiger partial charge in [-0.05, 0) is 36.8 Å². The maximum Gasteiger partial charge on any atom is 0.257 e. The van der Waals surface area contributed by atoms with Crippen LogP contribution in [0.1, 0.15) is 15.9 Å². The predicted octanol–water partition coefficient (Wildman–Crippen LogP) is 2.99. The molecule has 0 bridgehead atoms.